The monoisotopic (exact) mass is 292 g/mol. The Balaban J connectivity index is 2.70. The third kappa shape index (κ3) is 7.01. The van der Waals surface area contributed by atoms with Crippen molar-refractivity contribution in [1.82, 2.24) is 0 Å². The van der Waals surface area contributed by atoms with Gasteiger partial charge in [-0.3, -0.25) is 0 Å². The molecule has 0 saturated carbocycles. The molecule has 2 atom stereocenters. The molecule has 0 amide bonds. The molecule has 1 aromatic carbocycles. The number of carbonyl (C=O) groups is 1. The topological polar surface area (TPSA) is 26.3 Å². The Kier molecular flexibility index (Phi) is 6.63. The first-order valence-corrected chi connectivity index (χ1v) is 10.9. The van der Waals surface area contributed by atoms with E-state index in [0.29, 0.717) is 18.3 Å². The zero-order valence-corrected chi connectivity index (χ0v) is 14.5. The number of hydrogen-bond acceptors (Lipinski definition) is 2. The van der Waals surface area contributed by atoms with Crippen LogP contribution < -0.4 is 0 Å². The van der Waals surface area contributed by atoms with Gasteiger partial charge in [0.2, 0.25) is 0 Å². The van der Waals surface area contributed by atoms with Crippen LogP contribution >= 0.6 is 0 Å². The minimum Gasteiger partial charge on any atom is -0.417 e. The summed E-state index contributed by atoms with van der Waals surface area (Å²) in [5.74, 6) is 1.04. The maximum atomic E-state index is 11.4. The first kappa shape index (κ1) is 17.1. The largest absolute Gasteiger partial charge is 0.417 e. The van der Waals surface area contributed by atoms with Gasteiger partial charge in [-0.2, -0.15) is 0 Å². The van der Waals surface area contributed by atoms with Crippen molar-refractivity contribution >= 4 is 14.1 Å². The van der Waals surface area contributed by atoms with Crippen LogP contribution in [0.5, 0.6) is 0 Å². The lowest BCUT2D eigenvalue weighted by Crippen LogP contribution is -2.31. The average Bonchev–Trinajstić information content (AvgIpc) is 2.33. The predicted octanol–water partition coefficient (Wildman–Crippen LogP) is 4.31. The summed E-state index contributed by atoms with van der Waals surface area (Å²) < 4.78 is 6.09. The molecule has 1 aromatic rings. The van der Waals surface area contributed by atoms with Crippen LogP contribution in [0.3, 0.4) is 0 Å². The van der Waals surface area contributed by atoms with Gasteiger partial charge >= 0.3 is 0 Å². The molecule has 0 spiro atoms. The highest BCUT2D eigenvalue weighted by Crippen LogP contribution is 2.22. The van der Waals surface area contributed by atoms with Crippen LogP contribution in [0, 0.1) is 11.8 Å². The van der Waals surface area contributed by atoms with Crippen LogP contribution in [0.1, 0.15) is 25.8 Å². The van der Waals surface area contributed by atoms with E-state index in [1.54, 1.807) is 6.92 Å². The van der Waals surface area contributed by atoms with E-state index < -0.39 is 8.32 Å². The number of hydrogen-bond donors (Lipinski definition) is 0. The highest BCUT2D eigenvalue weighted by molar-refractivity contribution is 6.69. The smallest absolute Gasteiger partial charge is 0.183 e. The quantitative estimate of drug-likeness (QED) is 0.667. The summed E-state index contributed by atoms with van der Waals surface area (Å²) in [4.78, 5) is 11.4. The van der Waals surface area contributed by atoms with Crippen LogP contribution in [0.15, 0.2) is 30.3 Å². The molecule has 0 saturated heterocycles. The zero-order chi connectivity index (χ0) is 15.2. The van der Waals surface area contributed by atoms with E-state index in [1.165, 1.54) is 5.56 Å². The molecule has 3 heteroatoms. The summed E-state index contributed by atoms with van der Waals surface area (Å²) in [6.45, 7) is 11.2. The molecule has 2 nitrogen and oxygen atoms in total. The number of rotatable bonds is 8. The van der Waals surface area contributed by atoms with Crippen molar-refractivity contribution < 1.29 is 9.22 Å². The van der Waals surface area contributed by atoms with Gasteiger partial charge in [0.25, 0.3) is 0 Å². The van der Waals surface area contributed by atoms with Crippen molar-refractivity contribution in [2.24, 2.45) is 11.8 Å². The van der Waals surface area contributed by atoms with E-state index in [2.05, 4.69) is 50.8 Å². The molecule has 0 aliphatic heterocycles. The fraction of sp³-hybridized carbons (Fsp3) is 0.588. The fourth-order valence-corrected chi connectivity index (χ4v) is 3.03. The van der Waals surface area contributed by atoms with E-state index >= 15 is 0 Å². The standard InChI is InChI=1S/C17H28O2Si/c1-14(11-15(2)18)17(13-19-20(3,4)5)12-16-9-7-6-8-10-16/h6-10,14,17H,11-13H2,1-5H3/t14-,17-/m0/s1. The maximum Gasteiger partial charge on any atom is 0.183 e. The van der Waals surface area contributed by atoms with Crippen molar-refractivity contribution in [2.45, 2.75) is 46.3 Å². The molecule has 0 aromatic heterocycles. The Morgan fingerprint density at radius 1 is 1.20 bits per heavy atom. The Hall–Kier alpha value is -0.933. The Morgan fingerprint density at radius 3 is 2.30 bits per heavy atom. The molecular weight excluding hydrogens is 264 g/mol. The van der Waals surface area contributed by atoms with Crippen LogP contribution in [0.4, 0.5) is 0 Å². The minimum atomic E-state index is -1.51. The van der Waals surface area contributed by atoms with Crippen molar-refractivity contribution in [2.75, 3.05) is 6.61 Å². The SMILES string of the molecule is CC(=O)C[C@H](C)[C@H](CO[Si](C)(C)C)Cc1ccccc1. The van der Waals surface area contributed by atoms with Crippen LogP contribution in [-0.4, -0.2) is 20.7 Å². The van der Waals surface area contributed by atoms with Gasteiger partial charge in [0, 0.05) is 13.0 Å². The average molecular weight is 292 g/mol. The lowest BCUT2D eigenvalue weighted by molar-refractivity contribution is -0.118. The summed E-state index contributed by atoms with van der Waals surface area (Å²) in [6.07, 6.45) is 1.63. The van der Waals surface area contributed by atoms with Gasteiger partial charge in [0.15, 0.2) is 8.32 Å². The number of benzene rings is 1. The van der Waals surface area contributed by atoms with E-state index in [0.717, 1.165) is 13.0 Å². The van der Waals surface area contributed by atoms with Crippen molar-refractivity contribution in [1.29, 1.82) is 0 Å². The molecule has 0 radical (unpaired) electrons. The van der Waals surface area contributed by atoms with E-state index in [-0.39, 0.29) is 5.78 Å². The molecule has 0 N–H and O–H groups in total. The second-order valence-corrected chi connectivity index (χ2v) is 11.3. The van der Waals surface area contributed by atoms with Crippen LogP contribution in [0.25, 0.3) is 0 Å². The van der Waals surface area contributed by atoms with Gasteiger partial charge in [-0.25, -0.2) is 0 Å². The van der Waals surface area contributed by atoms with Gasteiger partial charge in [-0.15, -0.1) is 0 Å². The Bertz CT molecular complexity index is 409. The van der Waals surface area contributed by atoms with Crippen molar-refractivity contribution in [3.63, 3.8) is 0 Å². The van der Waals surface area contributed by atoms with E-state index in [1.807, 2.05) is 6.07 Å². The molecule has 0 aliphatic carbocycles. The lowest BCUT2D eigenvalue weighted by atomic mass is 9.85. The summed E-state index contributed by atoms with van der Waals surface area (Å²) in [7, 11) is -1.51. The number of ketones is 1. The second kappa shape index (κ2) is 7.74. The highest BCUT2D eigenvalue weighted by atomic mass is 28.4. The van der Waals surface area contributed by atoms with Gasteiger partial charge in [0.05, 0.1) is 0 Å². The third-order valence-electron chi connectivity index (χ3n) is 3.49. The molecule has 20 heavy (non-hydrogen) atoms. The Labute approximate surface area is 124 Å². The van der Waals surface area contributed by atoms with Gasteiger partial charge in [0.1, 0.15) is 5.78 Å². The lowest BCUT2D eigenvalue weighted by Gasteiger charge is -2.27. The molecular formula is C17H28O2Si. The van der Waals surface area contributed by atoms with Crippen molar-refractivity contribution in [3.05, 3.63) is 35.9 Å². The summed E-state index contributed by atoms with van der Waals surface area (Å²) >= 11 is 0. The van der Waals surface area contributed by atoms with E-state index in [9.17, 15) is 4.79 Å². The van der Waals surface area contributed by atoms with Gasteiger partial charge in [-0.05, 0) is 50.4 Å². The normalized spacial score (nSPS) is 14.8. The van der Waals surface area contributed by atoms with E-state index in [4.69, 9.17) is 4.43 Å². The molecule has 0 unspecified atom stereocenters. The molecule has 0 fully saturated rings. The van der Waals surface area contributed by atoms with Crippen molar-refractivity contribution in [3.8, 4) is 0 Å². The second-order valence-electron chi connectivity index (χ2n) is 6.76. The summed E-state index contributed by atoms with van der Waals surface area (Å²) in [5.41, 5.74) is 1.33. The first-order chi connectivity index (χ1) is 9.28. The summed E-state index contributed by atoms with van der Waals surface area (Å²) in [5, 5.41) is 0. The summed E-state index contributed by atoms with van der Waals surface area (Å²) in [6, 6.07) is 10.5. The third-order valence-corrected chi connectivity index (χ3v) is 4.52. The zero-order valence-electron chi connectivity index (χ0n) is 13.5. The van der Waals surface area contributed by atoms with Crippen LogP contribution in [-0.2, 0) is 15.6 Å². The molecule has 1 rings (SSSR count). The number of carbonyl (C=O) groups excluding carboxylic acids is 1. The predicted molar refractivity (Wildman–Crippen MR) is 87.4 cm³/mol. The Morgan fingerprint density at radius 2 is 1.80 bits per heavy atom. The maximum absolute atomic E-state index is 11.4. The number of Topliss-reactive ketones (excluding diaryl/α,β-unsaturated/α-hetero) is 1. The highest BCUT2D eigenvalue weighted by Gasteiger charge is 2.23. The molecule has 112 valence electrons. The molecule has 0 bridgehead atoms. The van der Waals surface area contributed by atoms with Crippen LogP contribution in [0.2, 0.25) is 19.6 Å². The van der Waals surface area contributed by atoms with Gasteiger partial charge in [-0.1, -0.05) is 37.3 Å². The molecule has 0 heterocycles. The fourth-order valence-electron chi connectivity index (χ4n) is 2.32. The first-order valence-electron chi connectivity index (χ1n) is 7.45. The van der Waals surface area contributed by atoms with Gasteiger partial charge < -0.3 is 9.22 Å². The molecule has 0 aliphatic rings. The minimum absolute atomic E-state index is 0.267.